The molecule has 1 atom stereocenters. The summed E-state index contributed by atoms with van der Waals surface area (Å²) in [6.07, 6.45) is -0.0812. The van der Waals surface area contributed by atoms with E-state index in [9.17, 15) is 4.79 Å². The van der Waals surface area contributed by atoms with Crippen LogP contribution in [0.15, 0.2) is 10.5 Å². The van der Waals surface area contributed by atoms with Gasteiger partial charge in [-0.2, -0.15) is 0 Å². The number of nitrogens with zero attached hydrogens (tertiary/aromatic N) is 2. The molecule has 1 aromatic heterocycles. The Kier molecular flexibility index (Phi) is 3.15. The fourth-order valence-corrected chi connectivity index (χ4v) is 1.92. The zero-order valence-corrected chi connectivity index (χ0v) is 10.6. The van der Waals surface area contributed by atoms with Crippen LogP contribution in [-0.4, -0.2) is 32.2 Å². The van der Waals surface area contributed by atoms with Gasteiger partial charge < -0.3 is 15.7 Å². The first kappa shape index (κ1) is 12.4. The Bertz CT molecular complexity index is 488. The molecule has 0 amide bonds. The number of alkyl halides is 2. The van der Waals surface area contributed by atoms with E-state index in [0.717, 1.165) is 11.3 Å². The van der Waals surface area contributed by atoms with Crippen molar-refractivity contribution < 1.29 is 14.7 Å². The maximum atomic E-state index is 11.0. The number of anilines is 1. The topological polar surface area (TPSA) is 97.8 Å². The van der Waals surface area contributed by atoms with Crippen molar-refractivity contribution in [2.45, 2.75) is 16.9 Å². The Morgan fingerprint density at radius 3 is 2.82 bits per heavy atom. The third-order valence-electron chi connectivity index (χ3n) is 2.01. The molecular weight excluding hydrogens is 289 g/mol. The second-order valence-electron chi connectivity index (χ2n) is 3.38. The molecule has 2 rings (SSSR count). The monoisotopic (exact) mass is 295 g/mol. The molecule has 9 heteroatoms. The number of carboxylic acids is 1. The highest BCUT2D eigenvalue weighted by Gasteiger charge is 2.55. The van der Waals surface area contributed by atoms with Gasteiger partial charge in [0.25, 0.3) is 0 Å². The fraction of sp³-hybridized carbons (Fsp3) is 0.375. The van der Waals surface area contributed by atoms with E-state index in [4.69, 9.17) is 38.9 Å². The number of rotatable bonds is 4. The summed E-state index contributed by atoms with van der Waals surface area (Å²) in [6.45, 7) is 0. The molecule has 1 aromatic rings. The van der Waals surface area contributed by atoms with Crippen molar-refractivity contribution in [3.63, 3.8) is 0 Å². The molecule has 1 fully saturated rings. The molecule has 1 saturated carbocycles. The molecule has 3 N–H and O–H groups in total. The first-order valence-electron chi connectivity index (χ1n) is 4.46. The highest BCUT2D eigenvalue weighted by atomic mass is 35.5. The van der Waals surface area contributed by atoms with Crippen LogP contribution in [0.5, 0.6) is 0 Å². The zero-order chi connectivity index (χ0) is 12.6. The van der Waals surface area contributed by atoms with Gasteiger partial charge in [-0.25, -0.2) is 9.78 Å². The standard InChI is InChI=1S/C8H7Cl2N3O3S/c9-8(10)1-4(8)16-13-5(6(14)15)3-2-17-7(11)12-3/h2,4H,1H2,(H2,11,12)(H,14,15). The lowest BCUT2D eigenvalue weighted by atomic mass is 10.3. The summed E-state index contributed by atoms with van der Waals surface area (Å²) in [6, 6.07) is 0. The molecule has 0 saturated heterocycles. The number of oxime groups is 1. The van der Waals surface area contributed by atoms with Gasteiger partial charge in [0.05, 0.1) is 0 Å². The van der Waals surface area contributed by atoms with Crippen LogP contribution in [0.2, 0.25) is 0 Å². The minimum absolute atomic E-state index is 0.149. The second-order valence-corrected chi connectivity index (χ2v) is 5.81. The van der Waals surface area contributed by atoms with Crippen molar-refractivity contribution in [2.75, 3.05) is 5.73 Å². The van der Waals surface area contributed by atoms with E-state index < -0.39 is 16.4 Å². The van der Waals surface area contributed by atoms with Gasteiger partial charge in [0.15, 0.2) is 15.6 Å². The van der Waals surface area contributed by atoms with Gasteiger partial charge >= 0.3 is 5.97 Å². The number of aliphatic carboxylic acids is 1. The van der Waals surface area contributed by atoms with Crippen LogP contribution in [0, 0.1) is 0 Å². The number of nitrogens with two attached hydrogens (primary N) is 1. The molecule has 0 bridgehead atoms. The van der Waals surface area contributed by atoms with Crippen molar-refractivity contribution >= 4 is 51.4 Å². The molecule has 1 aliphatic carbocycles. The SMILES string of the molecule is Nc1nc(C(=NOC2CC2(Cl)Cl)C(=O)O)cs1. The van der Waals surface area contributed by atoms with E-state index in [1.807, 2.05) is 0 Å². The molecule has 0 aliphatic heterocycles. The Labute approximate surface area is 110 Å². The molecule has 17 heavy (non-hydrogen) atoms. The van der Waals surface area contributed by atoms with Crippen LogP contribution in [-0.2, 0) is 9.63 Å². The maximum absolute atomic E-state index is 11.0. The Morgan fingerprint density at radius 2 is 2.41 bits per heavy atom. The van der Waals surface area contributed by atoms with Crippen LogP contribution >= 0.6 is 34.5 Å². The van der Waals surface area contributed by atoms with Crippen LogP contribution in [0.25, 0.3) is 0 Å². The van der Waals surface area contributed by atoms with E-state index in [-0.39, 0.29) is 16.5 Å². The van der Waals surface area contributed by atoms with Gasteiger partial charge in [0, 0.05) is 11.8 Å². The number of halogens is 2. The summed E-state index contributed by atoms with van der Waals surface area (Å²) in [4.78, 5) is 19.7. The molecular formula is C8H7Cl2N3O3S. The number of hydrogen-bond donors (Lipinski definition) is 2. The Balaban J connectivity index is 2.13. The third-order valence-corrected chi connectivity index (χ3v) is 3.48. The normalized spacial score (nSPS) is 22.2. The van der Waals surface area contributed by atoms with Crippen molar-refractivity contribution in [3.05, 3.63) is 11.1 Å². The zero-order valence-electron chi connectivity index (χ0n) is 8.26. The van der Waals surface area contributed by atoms with Crippen molar-refractivity contribution in [1.29, 1.82) is 0 Å². The molecule has 92 valence electrons. The van der Waals surface area contributed by atoms with Gasteiger partial charge in [-0.05, 0) is 0 Å². The number of hydrogen-bond acceptors (Lipinski definition) is 6. The Hall–Kier alpha value is -1.05. The fourth-order valence-electron chi connectivity index (χ4n) is 1.01. The van der Waals surface area contributed by atoms with Crippen molar-refractivity contribution in [3.8, 4) is 0 Å². The largest absolute Gasteiger partial charge is 0.476 e. The lowest BCUT2D eigenvalue weighted by Crippen LogP contribution is -2.16. The summed E-state index contributed by atoms with van der Waals surface area (Å²) in [7, 11) is 0. The van der Waals surface area contributed by atoms with E-state index in [1.165, 1.54) is 5.38 Å². The first-order valence-corrected chi connectivity index (χ1v) is 6.10. The summed E-state index contributed by atoms with van der Waals surface area (Å²) in [5, 5.41) is 14.2. The molecule has 6 nitrogen and oxygen atoms in total. The smallest absolute Gasteiger partial charge is 0.360 e. The minimum Gasteiger partial charge on any atom is -0.476 e. The number of carbonyl (C=O) groups is 1. The summed E-state index contributed by atoms with van der Waals surface area (Å²) < 4.78 is -0.978. The van der Waals surface area contributed by atoms with Gasteiger partial charge in [0.2, 0.25) is 5.71 Å². The van der Waals surface area contributed by atoms with Crippen LogP contribution < -0.4 is 5.73 Å². The number of nitrogen functional groups attached to an aromatic ring is 1. The van der Waals surface area contributed by atoms with Crippen molar-refractivity contribution in [1.82, 2.24) is 4.98 Å². The summed E-state index contributed by atoms with van der Waals surface area (Å²) in [5.41, 5.74) is 5.23. The molecule has 0 aromatic carbocycles. The van der Waals surface area contributed by atoms with Gasteiger partial charge in [-0.15, -0.1) is 11.3 Å². The Morgan fingerprint density at radius 1 is 1.76 bits per heavy atom. The molecule has 1 heterocycles. The van der Waals surface area contributed by atoms with E-state index in [2.05, 4.69) is 10.1 Å². The summed E-state index contributed by atoms with van der Waals surface area (Å²) in [5.74, 6) is -1.26. The highest BCUT2D eigenvalue weighted by Crippen LogP contribution is 2.49. The van der Waals surface area contributed by atoms with Gasteiger partial charge in [0.1, 0.15) is 5.69 Å². The minimum atomic E-state index is -1.26. The number of aromatic nitrogens is 1. The molecule has 0 spiro atoms. The second kappa shape index (κ2) is 4.32. The van der Waals surface area contributed by atoms with Crippen LogP contribution in [0.4, 0.5) is 5.13 Å². The van der Waals surface area contributed by atoms with Crippen LogP contribution in [0.1, 0.15) is 12.1 Å². The van der Waals surface area contributed by atoms with E-state index in [1.54, 1.807) is 0 Å². The molecule has 1 aliphatic rings. The number of thiazole rings is 1. The first-order chi connectivity index (χ1) is 7.90. The maximum Gasteiger partial charge on any atom is 0.360 e. The van der Waals surface area contributed by atoms with Crippen LogP contribution in [0.3, 0.4) is 0 Å². The molecule has 0 radical (unpaired) electrons. The summed E-state index contributed by atoms with van der Waals surface area (Å²) >= 11 is 12.5. The number of carboxylic acid groups (broad SMARTS) is 1. The van der Waals surface area contributed by atoms with E-state index >= 15 is 0 Å². The predicted molar refractivity (Wildman–Crippen MR) is 64.6 cm³/mol. The van der Waals surface area contributed by atoms with Gasteiger partial charge in [-0.3, -0.25) is 0 Å². The quantitative estimate of drug-likeness (QED) is 0.498. The third kappa shape index (κ3) is 2.80. The average Bonchev–Trinajstić information content (AvgIpc) is 2.63. The highest BCUT2D eigenvalue weighted by molar-refractivity contribution is 7.13. The van der Waals surface area contributed by atoms with E-state index in [0.29, 0.717) is 6.42 Å². The average molecular weight is 296 g/mol. The lowest BCUT2D eigenvalue weighted by molar-refractivity contribution is -0.129. The molecule has 1 unspecified atom stereocenters. The van der Waals surface area contributed by atoms with Gasteiger partial charge in [-0.1, -0.05) is 28.4 Å². The van der Waals surface area contributed by atoms with Crippen molar-refractivity contribution in [2.24, 2.45) is 5.16 Å². The predicted octanol–water partition coefficient (Wildman–Crippen LogP) is 1.48. The lowest BCUT2D eigenvalue weighted by Gasteiger charge is -2.00.